The third-order valence-corrected chi connectivity index (χ3v) is 5.54. The summed E-state index contributed by atoms with van der Waals surface area (Å²) in [7, 11) is -4.16. The fraction of sp³-hybridized carbons (Fsp3) is 0.0500. The SMILES string of the molecule is Cc1nccn1-c1cc(Oc2ccc(NS(=O)(=O)c3cc(F)cc(F)c3)cc2)ncn1. The molecular weight excluding hydrogens is 428 g/mol. The summed E-state index contributed by atoms with van der Waals surface area (Å²) in [4.78, 5) is 11.9. The van der Waals surface area contributed by atoms with E-state index in [1.807, 2.05) is 6.92 Å². The number of rotatable bonds is 6. The molecule has 0 radical (unpaired) electrons. The van der Waals surface area contributed by atoms with E-state index in [2.05, 4.69) is 19.7 Å². The van der Waals surface area contributed by atoms with Crippen molar-refractivity contribution in [2.24, 2.45) is 0 Å². The first kappa shape index (κ1) is 20.4. The van der Waals surface area contributed by atoms with Crippen LogP contribution in [0.25, 0.3) is 5.82 Å². The van der Waals surface area contributed by atoms with Gasteiger partial charge in [0.05, 0.1) is 4.90 Å². The zero-order chi connectivity index (χ0) is 22.0. The number of nitrogens with one attached hydrogen (secondary N) is 1. The van der Waals surface area contributed by atoms with Crippen LogP contribution in [-0.4, -0.2) is 27.9 Å². The molecule has 0 spiro atoms. The number of sulfonamides is 1. The van der Waals surface area contributed by atoms with Crippen molar-refractivity contribution in [3.05, 3.63) is 84.7 Å². The number of nitrogens with zero attached hydrogens (tertiary/aromatic N) is 4. The first-order chi connectivity index (χ1) is 14.8. The van der Waals surface area contributed by atoms with Gasteiger partial charge in [-0.05, 0) is 43.3 Å². The van der Waals surface area contributed by atoms with Crippen molar-refractivity contribution in [2.45, 2.75) is 11.8 Å². The molecule has 4 aromatic rings. The van der Waals surface area contributed by atoms with E-state index >= 15 is 0 Å². The van der Waals surface area contributed by atoms with Gasteiger partial charge in [-0.2, -0.15) is 0 Å². The van der Waals surface area contributed by atoms with Crippen LogP contribution in [0.4, 0.5) is 14.5 Å². The predicted octanol–water partition coefficient (Wildman–Crippen LogP) is 3.84. The van der Waals surface area contributed by atoms with Crippen LogP contribution in [0, 0.1) is 18.6 Å². The minimum atomic E-state index is -4.16. The molecule has 158 valence electrons. The molecule has 2 aromatic carbocycles. The second-order valence-corrected chi connectivity index (χ2v) is 8.08. The van der Waals surface area contributed by atoms with Gasteiger partial charge in [0.2, 0.25) is 5.88 Å². The minimum absolute atomic E-state index is 0.189. The van der Waals surface area contributed by atoms with Crippen LogP contribution in [0.15, 0.2) is 72.1 Å². The van der Waals surface area contributed by atoms with E-state index in [9.17, 15) is 17.2 Å². The standard InChI is InChI=1S/C20H15F2N5O3S/c1-13-23-6-7-27(13)19-11-20(25-12-24-19)30-17-4-2-16(3-5-17)26-31(28,29)18-9-14(21)8-15(22)10-18/h2-12,26H,1H3. The molecule has 0 aliphatic rings. The highest BCUT2D eigenvalue weighted by Crippen LogP contribution is 2.24. The minimum Gasteiger partial charge on any atom is -0.439 e. The summed E-state index contributed by atoms with van der Waals surface area (Å²) < 4.78 is 61.1. The number of anilines is 1. The maximum Gasteiger partial charge on any atom is 0.262 e. The number of aromatic nitrogens is 4. The lowest BCUT2D eigenvalue weighted by Gasteiger charge is -2.10. The number of hydrogen-bond donors (Lipinski definition) is 1. The Balaban J connectivity index is 1.49. The van der Waals surface area contributed by atoms with Crippen LogP contribution in [0.5, 0.6) is 11.6 Å². The van der Waals surface area contributed by atoms with Gasteiger partial charge in [0.1, 0.15) is 35.4 Å². The summed E-state index contributed by atoms with van der Waals surface area (Å²) in [6.45, 7) is 1.83. The maximum absolute atomic E-state index is 13.3. The lowest BCUT2D eigenvalue weighted by atomic mass is 10.3. The van der Waals surface area contributed by atoms with E-state index in [1.165, 1.54) is 30.6 Å². The molecule has 0 unspecified atom stereocenters. The second-order valence-electron chi connectivity index (χ2n) is 6.40. The van der Waals surface area contributed by atoms with E-state index < -0.39 is 26.6 Å². The normalized spacial score (nSPS) is 11.3. The van der Waals surface area contributed by atoms with Crippen molar-refractivity contribution in [2.75, 3.05) is 4.72 Å². The molecule has 0 bridgehead atoms. The van der Waals surface area contributed by atoms with E-state index in [-0.39, 0.29) is 11.6 Å². The average Bonchev–Trinajstić information content (AvgIpc) is 3.15. The van der Waals surface area contributed by atoms with Crippen molar-refractivity contribution in [3.8, 4) is 17.4 Å². The first-order valence-electron chi connectivity index (χ1n) is 8.89. The molecule has 0 saturated carbocycles. The van der Waals surface area contributed by atoms with Gasteiger partial charge in [-0.15, -0.1) is 0 Å². The molecule has 0 aliphatic carbocycles. The molecule has 11 heteroatoms. The third kappa shape index (κ3) is 4.67. The number of aryl methyl sites for hydroxylation is 1. The zero-order valence-corrected chi connectivity index (χ0v) is 16.8. The maximum atomic E-state index is 13.3. The van der Waals surface area contributed by atoms with Crippen LogP contribution >= 0.6 is 0 Å². The van der Waals surface area contributed by atoms with E-state index in [4.69, 9.17) is 4.74 Å². The monoisotopic (exact) mass is 443 g/mol. The lowest BCUT2D eigenvalue weighted by molar-refractivity contribution is 0.461. The van der Waals surface area contributed by atoms with Crippen LogP contribution < -0.4 is 9.46 Å². The Morgan fingerprint density at radius 3 is 2.32 bits per heavy atom. The number of ether oxygens (including phenoxy) is 1. The number of benzene rings is 2. The molecule has 0 amide bonds. The highest BCUT2D eigenvalue weighted by atomic mass is 32.2. The Bertz CT molecular complexity index is 1320. The Morgan fingerprint density at radius 1 is 0.968 bits per heavy atom. The van der Waals surface area contributed by atoms with E-state index in [0.29, 0.717) is 17.6 Å². The van der Waals surface area contributed by atoms with E-state index in [1.54, 1.807) is 23.0 Å². The Morgan fingerprint density at radius 2 is 1.68 bits per heavy atom. The van der Waals surface area contributed by atoms with Crippen molar-refractivity contribution >= 4 is 15.7 Å². The summed E-state index contributed by atoms with van der Waals surface area (Å²) >= 11 is 0. The molecule has 0 aliphatic heterocycles. The largest absolute Gasteiger partial charge is 0.439 e. The van der Waals surface area contributed by atoms with Crippen molar-refractivity contribution in [1.29, 1.82) is 0 Å². The van der Waals surface area contributed by atoms with Gasteiger partial charge in [-0.1, -0.05) is 0 Å². The number of hydrogen-bond acceptors (Lipinski definition) is 6. The molecule has 2 aromatic heterocycles. The van der Waals surface area contributed by atoms with Gasteiger partial charge in [0.25, 0.3) is 10.0 Å². The third-order valence-electron chi connectivity index (χ3n) is 4.18. The summed E-state index contributed by atoms with van der Waals surface area (Å²) in [5.74, 6) is 0.0260. The van der Waals surface area contributed by atoms with Crippen molar-refractivity contribution in [1.82, 2.24) is 19.5 Å². The Labute approximate surface area is 176 Å². The second kappa shape index (κ2) is 8.11. The smallest absolute Gasteiger partial charge is 0.262 e. The fourth-order valence-electron chi connectivity index (χ4n) is 2.75. The molecule has 31 heavy (non-hydrogen) atoms. The molecule has 2 heterocycles. The Hall–Kier alpha value is -3.86. The van der Waals surface area contributed by atoms with Gasteiger partial charge in [-0.3, -0.25) is 9.29 Å². The molecule has 0 saturated heterocycles. The molecule has 0 fully saturated rings. The lowest BCUT2D eigenvalue weighted by Crippen LogP contribution is -2.13. The molecule has 8 nitrogen and oxygen atoms in total. The Kier molecular flexibility index (Phi) is 5.34. The van der Waals surface area contributed by atoms with Gasteiger partial charge in [0.15, 0.2) is 0 Å². The topological polar surface area (TPSA) is 99.0 Å². The zero-order valence-electron chi connectivity index (χ0n) is 16.0. The summed E-state index contributed by atoms with van der Waals surface area (Å²) in [6.07, 6.45) is 4.76. The van der Waals surface area contributed by atoms with Crippen molar-refractivity contribution in [3.63, 3.8) is 0 Å². The number of imidazole rings is 1. The van der Waals surface area contributed by atoms with Crippen LogP contribution in [0.3, 0.4) is 0 Å². The van der Waals surface area contributed by atoms with Gasteiger partial charge < -0.3 is 4.74 Å². The van der Waals surface area contributed by atoms with Crippen molar-refractivity contribution < 1.29 is 21.9 Å². The summed E-state index contributed by atoms with van der Waals surface area (Å²) in [5, 5.41) is 0. The van der Waals surface area contributed by atoms with Crippen LogP contribution in [-0.2, 0) is 10.0 Å². The number of halogens is 2. The summed E-state index contributed by atoms with van der Waals surface area (Å²) in [6, 6.07) is 9.63. The van der Waals surface area contributed by atoms with Crippen LogP contribution in [0.2, 0.25) is 0 Å². The average molecular weight is 443 g/mol. The van der Waals surface area contributed by atoms with Crippen LogP contribution in [0.1, 0.15) is 5.82 Å². The highest BCUT2D eigenvalue weighted by molar-refractivity contribution is 7.92. The predicted molar refractivity (Wildman–Crippen MR) is 108 cm³/mol. The highest BCUT2D eigenvalue weighted by Gasteiger charge is 2.17. The van der Waals surface area contributed by atoms with Gasteiger partial charge in [0, 0.05) is 30.2 Å². The summed E-state index contributed by atoms with van der Waals surface area (Å²) in [5.41, 5.74) is 0.189. The van der Waals surface area contributed by atoms with Gasteiger partial charge in [-0.25, -0.2) is 32.2 Å². The first-order valence-corrected chi connectivity index (χ1v) is 10.4. The molecular formula is C20H15F2N5O3S. The molecule has 1 N–H and O–H groups in total. The molecule has 4 rings (SSSR count). The fourth-order valence-corrected chi connectivity index (χ4v) is 3.85. The van der Waals surface area contributed by atoms with Gasteiger partial charge >= 0.3 is 0 Å². The van der Waals surface area contributed by atoms with E-state index in [0.717, 1.165) is 18.0 Å². The molecule has 0 atom stereocenters. The quantitative estimate of drug-likeness (QED) is 0.486.